The fourth-order valence-corrected chi connectivity index (χ4v) is 23.1. The van der Waals surface area contributed by atoms with Gasteiger partial charge in [-0.25, -0.2) is 37.5 Å². The second-order valence-electron chi connectivity index (χ2n) is 42.8. The number of aromatic nitrogens is 12. The van der Waals surface area contributed by atoms with Gasteiger partial charge in [0, 0.05) is 179 Å². The molecule has 772 valence electrons. The molecule has 8 atom stereocenters. The van der Waals surface area contributed by atoms with Crippen LogP contribution in [0.25, 0.3) is 88.1 Å². The minimum atomic E-state index is -0.376. The predicted octanol–water partition coefficient (Wildman–Crippen LogP) is 24.0. The van der Waals surface area contributed by atoms with Crippen molar-refractivity contribution in [2.24, 2.45) is 75.5 Å². The lowest BCUT2D eigenvalue weighted by atomic mass is 9.78. The Labute approximate surface area is 853 Å². The number of pyridine rings is 4. The van der Waals surface area contributed by atoms with E-state index >= 15 is 8.78 Å². The van der Waals surface area contributed by atoms with E-state index < -0.39 is 0 Å². The van der Waals surface area contributed by atoms with Crippen molar-refractivity contribution in [1.82, 2.24) is 68.9 Å². The second-order valence-corrected chi connectivity index (χ2v) is 42.8. The lowest BCUT2D eigenvalue weighted by Gasteiger charge is -2.34. The maximum Gasteiger partial charge on any atom is 0.228 e. The maximum atomic E-state index is 15.1. The number of carbonyl (C=O) groups is 8. The first kappa shape index (κ1) is 107. The Hall–Kier alpha value is -13.2. The third-order valence-electron chi connectivity index (χ3n) is 30.3. The molecule has 0 bridgehead atoms. The van der Waals surface area contributed by atoms with E-state index in [1.807, 2.05) is 101 Å². The molecule has 10 heterocycles. The van der Waals surface area contributed by atoms with Gasteiger partial charge in [0.1, 0.15) is 56.9 Å². The first-order valence-electron chi connectivity index (χ1n) is 52.7. The minimum absolute atomic E-state index is 0.0524. The van der Waals surface area contributed by atoms with Crippen LogP contribution in [-0.2, 0) is 66.5 Å². The van der Waals surface area contributed by atoms with Gasteiger partial charge in [-0.1, -0.05) is 93.9 Å². The molecule has 8 aromatic heterocycles. The number of aryl methyl sites for hydroxylation is 6. The predicted molar refractivity (Wildman–Crippen MR) is 566 cm³/mol. The Balaban J connectivity index is 0.000000146. The summed E-state index contributed by atoms with van der Waals surface area (Å²) in [6, 6.07) is 24.7. The maximum absolute atomic E-state index is 15.1. The molecular weight excluding hydrogens is 1850 g/mol. The number of fused-ring (bicyclic) bond motifs is 4. The number of carbonyl (C=O) groups excluding carboxylic acids is 8. The number of piperidine rings is 1. The monoisotopic (exact) mass is 1990 g/mol. The minimum Gasteiger partial charge on any atom is -0.343 e. The Kier molecular flexibility index (Phi) is 35.2. The van der Waals surface area contributed by atoms with Crippen molar-refractivity contribution in [1.29, 1.82) is 0 Å². The summed E-state index contributed by atoms with van der Waals surface area (Å²) in [7, 11) is 7.36. The third-order valence-corrected chi connectivity index (χ3v) is 30.3. The van der Waals surface area contributed by atoms with E-state index in [4.69, 9.17) is 6.42 Å². The molecule has 2 saturated heterocycles. The highest BCUT2D eigenvalue weighted by Gasteiger charge is 2.37. The molecule has 6 aliphatic rings. The molecule has 26 nitrogen and oxygen atoms in total. The average molecular weight is 1990 g/mol. The highest BCUT2D eigenvalue weighted by atomic mass is 19.1. The molecule has 146 heavy (non-hydrogen) atoms. The number of nitrogens with zero attached hydrogens (tertiary/aromatic N) is 14. The standard InChI is InChI=1S/C31H40FN5O2.C29H33FN4O2.C28H34FN5O2.C28H35FN4O2/c1-19(2)30-25-15-23(16-26(32)29(25)35-36(30)4)24-17-27(33-18-20(24)3)34-31(39)22-10-8-9-21(13-22)14-28(38)37-11-6-5-7-12-37;1-6-8-22(35)12-19-9-7-10-20(11-19)29(36)32-26-15-23(18(4)16-31-26)21-13-24-27(25(30)14-21)33-34(5)28(24)17(2)3;1-17(2)27-22-14-21(15-23(29)26(22)32-33(27)3)19-8-9-30-24(16-19)31-28(36)20-7-4-6-18(12-20)13-25(35)34-10-5-11-34;1-5-7-22(34)13-18-8-6-9-20(12-18)28(35)31-25-16-19(10-11-30-25)21-14-23-26(24(29)15-21)32-33(4)27(23)17(2)3/h15-19,21-22H,5-14H2,1-4H3,(H,33,34,39);1,13-17,19-20H,7-12H2,2-5H3,(H,31,32,36);8-9,14-18,20H,4-7,10-13H2,1-3H3,(H,30,31,36);10-11,14-18,20H,5-9,12-13H2,1-4H3,(H,30,31,35)/t21-,22+;19-,20+;2*18-,20+/m1111/s1. The van der Waals surface area contributed by atoms with Gasteiger partial charge in [-0.05, 0) is 311 Å². The van der Waals surface area contributed by atoms with Crippen LogP contribution in [0.2, 0.25) is 0 Å². The van der Waals surface area contributed by atoms with Gasteiger partial charge in [-0.15, -0.1) is 6.42 Å². The number of rotatable bonds is 27. The molecule has 4 saturated carbocycles. The number of likely N-dealkylation sites (tertiary alicyclic amines) is 2. The third kappa shape index (κ3) is 25.7. The number of Topliss-reactive ketones (excluding diaryl/α,β-unsaturated/α-hetero) is 2. The normalized spacial score (nSPS) is 19.0. The molecule has 18 rings (SSSR count). The van der Waals surface area contributed by atoms with Crippen molar-refractivity contribution in [2.75, 3.05) is 47.4 Å². The molecule has 4 N–H and O–H groups in total. The van der Waals surface area contributed by atoms with E-state index in [0.717, 1.165) is 248 Å². The lowest BCUT2D eigenvalue weighted by molar-refractivity contribution is -0.136. The summed E-state index contributed by atoms with van der Waals surface area (Å²) < 4.78 is 67.1. The molecule has 4 aromatic carbocycles. The summed E-state index contributed by atoms with van der Waals surface area (Å²) in [5, 5.41) is 32.6. The van der Waals surface area contributed by atoms with E-state index in [0.29, 0.717) is 89.6 Å². The van der Waals surface area contributed by atoms with Gasteiger partial charge in [-0.2, -0.15) is 20.4 Å². The highest BCUT2D eigenvalue weighted by Crippen LogP contribution is 2.43. The van der Waals surface area contributed by atoms with Crippen LogP contribution in [0.4, 0.5) is 40.8 Å². The second kappa shape index (κ2) is 48.0. The Morgan fingerprint density at radius 2 is 0.671 bits per heavy atom. The van der Waals surface area contributed by atoms with Crippen LogP contribution < -0.4 is 21.3 Å². The zero-order valence-corrected chi connectivity index (χ0v) is 87.4. The van der Waals surface area contributed by atoms with Crippen LogP contribution in [0.15, 0.2) is 110 Å². The number of benzene rings is 4. The first-order chi connectivity index (χ1) is 69.9. The number of terminal acetylenes is 1. The number of nitrogens with one attached hydrogen (secondary N) is 4. The van der Waals surface area contributed by atoms with Crippen molar-refractivity contribution >= 4 is 114 Å². The van der Waals surface area contributed by atoms with Crippen LogP contribution in [0.5, 0.6) is 0 Å². The van der Waals surface area contributed by atoms with E-state index in [1.165, 1.54) is 30.7 Å². The zero-order valence-electron chi connectivity index (χ0n) is 87.4. The van der Waals surface area contributed by atoms with E-state index in [9.17, 15) is 47.1 Å². The Morgan fingerprint density at radius 1 is 0.370 bits per heavy atom. The van der Waals surface area contributed by atoms with E-state index in [2.05, 4.69) is 123 Å². The zero-order chi connectivity index (χ0) is 104. The Bertz CT molecular complexity index is 6870. The number of hydrogen-bond donors (Lipinski definition) is 4. The fourth-order valence-electron chi connectivity index (χ4n) is 23.1. The van der Waals surface area contributed by atoms with Crippen LogP contribution in [0, 0.1) is 96.8 Å². The molecule has 30 heteroatoms. The van der Waals surface area contributed by atoms with Crippen LogP contribution >= 0.6 is 0 Å². The summed E-state index contributed by atoms with van der Waals surface area (Å²) in [6.45, 7) is 25.9. The first-order valence-corrected chi connectivity index (χ1v) is 52.7. The van der Waals surface area contributed by atoms with Crippen LogP contribution in [-0.4, -0.2) is 142 Å². The van der Waals surface area contributed by atoms with Crippen molar-refractivity contribution in [3.05, 3.63) is 167 Å². The van der Waals surface area contributed by atoms with E-state index in [-0.39, 0.29) is 142 Å². The van der Waals surface area contributed by atoms with Gasteiger partial charge in [0.05, 0.1) is 6.42 Å². The summed E-state index contributed by atoms with van der Waals surface area (Å²) in [4.78, 5) is 123. The topological polar surface area (TPSA) is 314 Å². The Morgan fingerprint density at radius 3 is 0.979 bits per heavy atom. The molecule has 0 unspecified atom stereocenters. The molecular formula is C116H142F4N18O8. The highest BCUT2D eigenvalue weighted by molar-refractivity contribution is 5.98. The van der Waals surface area contributed by atoms with Crippen molar-refractivity contribution < 1.29 is 55.9 Å². The molecule has 0 spiro atoms. The quantitative estimate of drug-likeness (QED) is 0.0275. The molecule has 2 aliphatic heterocycles. The summed E-state index contributed by atoms with van der Waals surface area (Å²) in [6.07, 6.45) is 33.9. The SMILES string of the molecule is C#CCC(=O)C[C@@H]1CCC[C@H](C(=O)Nc2cc(-c3cc(F)c4nn(C)c(C(C)C)c4c3)c(C)cn2)C1.CC(C)c1c2cc(-c3ccnc(NC(=O)[C@H]4CCC[C@@H](CC(=O)N5CCC5)C4)c3)cc(F)c2nn1C.CCCC(=O)C[C@@H]1CCC[C@H](C(=O)Nc2cc(-c3cc(F)c4nn(C)c(C(C)C)c4c3)ccn2)C1.Cc1cnc(NC(=O)[C@H]2CCC[C@@H](CC(=O)N3CCCCC3)C2)cc1-c1cc(F)c2nn(C)c(C(C)C)c2c1. The van der Waals surface area contributed by atoms with Gasteiger partial charge in [-0.3, -0.25) is 57.1 Å². The largest absolute Gasteiger partial charge is 0.343 e. The summed E-state index contributed by atoms with van der Waals surface area (Å²) in [5.74, 6) is 4.46. The fraction of sp³-hybridized carbons (Fsp3) is 0.500. The molecule has 4 aliphatic carbocycles. The number of halogens is 4. The lowest BCUT2D eigenvalue weighted by Crippen LogP contribution is -2.43. The van der Waals surface area contributed by atoms with Gasteiger partial charge < -0.3 is 31.1 Å². The van der Waals surface area contributed by atoms with Gasteiger partial charge >= 0.3 is 0 Å². The smallest absolute Gasteiger partial charge is 0.228 e. The average Bonchev–Trinajstić information content (AvgIpc) is 1.62. The van der Waals surface area contributed by atoms with Gasteiger partial charge in [0.2, 0.25) is 35.4 Å². The number of anilines is 4. The van der Waals surface area contributed by atoms with Gasteiger partial charge in [0.25, 0.3) is 0 Å². The summed E-state index contributed by atoms with van der Waals surface area (Å²) >= 11 is 0. The number of amides is 6. The van der Waals surface area contributed by atoms with E-state index in [1.54, 1.807) is 61.7 Å². The summed E-state index contributed by atoms with van der Waals surface area (Å²) in [5.41, 5.74) is 13.2. The molecule has 6 fully saturated rings. The number of hydrogen-bond acceptors (Lipinski definition) is 16. The van der Waals surface area contributed by atoms with Crippen LogP contribution in [0.1, 0.15) is 293 Å². The van der Waals surface area contributed by atoms with Crippen molar-refractivity contribution in [3.63, 3.8) is 0 Å². The molecule has 12 aromatic rings. The van der Waals surface area contributed by atoms with Crippen LogP contribution in [0.3, 0.4) is 0 Å². The van der Waals surface area contributed by atoms with Crippen molar-refractivity contribution in [2.45, 2.75) is 273 Å². The van der Waals surface area contributed by atoms with Gasteiger partial charge in [0.15, 0.2) is 23.3 Å². The number of ketones is 2. The molecule has 6 amide bonds. The van der Waals surface area contributed by atoms with Crippen molar-refractivity contribution in [3.8, 4) is 56.9 Å². The molecule has 0 radical (unpaired) electrons.